The molecule has 0 aliphatic heterocycles. The summed E-state index contributed by atoms with van der Waals surface area (Å²) in [6.45, 7) is 5.46. The van der Waals surface area contributed by atoms with E-state index in [-0.39, 0.29) is 49.5 Å². The van der Waals surface area contributed by atoms with E-state index in [0.717, 1.165) is 40.7 Å². The summed E-state index contributed by atoms with van der Waals surface area (Å²) in [4.78, 5) is 27.6. The number of hydrogen-bond donors (Lipinski definition) is 1. The monoisotopic (exact) mass is 539 g/mol. The fraction of sp³-hybridized carbons (Fsp3) is 0.462. The lowest BCUT2D eigenvalue weighted by Crippen LogP contribution is -2.49. The molecule has 204 valence electrons. The van der Waals surface area contributed by atoms with Crippen LogP contribution in [-0.2, 0) is 26.2 Å². The van der Waals surface area contributed by atoms with Crippen LogP contribution < -0.4 is 14.4 Å². The molecular weight excluding hydrogens is 504 g/mol. The molecule has 0 spiro atoms. The molecule has 1 N–H and O–H groups in total. The van der Waals surface area contributed by atoms with E-state index in [2.05, 4.69) is 5.32 Å². The molecule has 0 aliphatic rings. The third-order valence-electron chi connectivity index (χ3n) is 6.00. The minimum absolute atomic E-state index is 0.0385. The first kappa shape index (κ1) is 30.0. The van der Waals surface area contributed by atoms with E-state index in [1.54, 1.807) is 25.1 Å². The van der Waals surface area contributed by atoms with Gasteiger partial charge >= 0.3 is 0 Å². The number of methoxy groups -OCH3 is 1. The van der Waals surface area contributed by atoms with Gasteiger partial charge in [0.25, 0.3) is 0 Å². The number of carbonyl (C=O) groups excluding carboxylic acids is 2. The van der Waals surface area contributed by atoms with Gasteiger partial charge in [-0.3, -0.25) is 13.9 Å². The van der Waals surface area contributed by atoms with Gasteiger partial charge in [0.15, 0.2) is 11.6 Å². The summed E-state index contributed by atoms with van der Waals surface area (Å²) in [5.41, 5.74) is 0.721. The molecule has 0 unspecified atom stereocenters. The van der Waals surface area contributed by atoms with E-state index < -0.39 is 27.7 Å². The molecule has 2 atom stereocenters. The molecule has 2 aromatic carbocycles. The van der Waals surface area contributed by atoms with Crippen LogP contribution in [0.25, 0.3) is 0 Å². The maximum absolute atomic E-state index is 13.7. The largest absolute Gasteiger partial charge is 0.497 e. The van der Waals surface area contributed by atoms with Crippen molar-refractivity contribution >= 4 is 27.5 Å². The molecular formula is C26H35F2N3O5S. The lowest BCUT2D eigenvalue weighted by molar-refractivity contribution is -0.140. The van der Waals surface area contributed by atoms with Crippen molar-refractivity contribution in [2.45, 2.75) is 58.7 Å². The Morgan fingerprint density at radius 3 is 2.38 bits per heavy atom. The summed E-state index contributed by atoms with van der Waals surface area (Å²) in [6.07, 6.45) is 1.71. The third kappa shape index (κ3) is 8.70. The lowest BCUT2D eigenvalue weighted by Gasteiger charge is -2.30. The van der Waals surface area contributed by atoms with Gasteiger partial charge in [-0.25, -0.2) is 17.2 Å². The average molecular weight is 540 g/mol. The highest BCUT2D eigenvalue weighted by Crippen LogP contribution is 2.22. The normalized spacial score (nSPS) is 12.9. The molecule has 2 rings (SSSR count). The molecule has 0 saturated heterocycles. The van der Waals surface area contributed by atoms with Crippen LogP contribution in [0.3, 0.4) is 0 Å². The molecule has 0 saturated carbocycles. The molecule has 2 amide bonds. The first-order chi connectivity index (χ1) is 17.4. The Kier molecular flexibility index (Phi) is 10.8. The Morgan fingerprint density at radius 1 is 1.08 bits per heavy atom. The fourth-order valence-corrected chi connectivity index (χ4v) is 4.62. The minimum atomic E-state index is -3.83. The highest BCUT2D eigenvalue weighted by Gasteiger charge is 2.27. The maximum Gasteiger partial charge on any atom is 0.242 e. The number of amides is 2. The second-order valence-electron chi connectivity index (χ2n) is 8.90. The fourth-order valence-electron chi connectivity index (χ4n) is 3.66. The van der Waals surface area contributed by atoms with Gasteiger partial charge in [0.05, 0.1) is 19.1 Å². The molecule has 0 fully saturated rings. The van der Waals surface area contributed by atoms with Crippen LogP contribution >= 0.6 is 0 Å². The van der Waals surface area contributed by atoms with Crippen molar-refractivity contribution in [3.8, 4) is 5.75 Å². The zero-order valence-electron chi connectivity index (χ0n) is 21.8. The van der Waals surface area contributed by atoms with Crippen molar-refractivity contribution in [3.63, 3.8) is 0 Å². The van der Waals surface area contributed by atoms with Crippen LogP contribution in [0.4, 0.5) is 14.5 Å². The van der Waals surface area contributed by atoms with E-state index in [1.807, 2.05) is 19.9 Å². The Hall–Kier alpha value is -3.21. The molecule has 2 aromatic rings. The topological polar surface area (TPSA) is 96.0 Å². The van der Waals surface area contributed by atoms with Crippen LogP contribution in [0.5, 0.6) is 5.75 Å². The van der Waals surface area contributed by atoms with Gasteiger partial charge in [-0.1, -0.05) is 19.1 Å². The van der Waals surface area contributed by atoms with E-state index in [1.165, 1.54) is 12.0 Å². The van der Waals surface area contributed by atoms with Crippen molar-refractivity contribution < 1.29 is 31.5 Å². The van der Waals surface area contributed by atoms with Gasteiger partial charge in [-0.2, -0.15) is 0 Å². The summed E-state index contributed by atoms with van der Waals surface area (Å²) in [5.74, 6) is -2.31. The van der Waals surface area contributed by atoms with Crippen molar-refractivity contribution in [3.05, 3.63) is 59.7 Å². The number of benzene rings is 2. The SMILES string of the molecule is CC[C@@H](C)NC(=O)[C@@H](C)N(Cc1cccc(OC)c1)C(=O)CCCN(c1ccc(F)c(F)c1)S(C)(=O)=O. The van der Waals surface area contributed by atoms with E-state index in [4.69, 9.17) is 4.74 Å². The number of nitrogens with one attached hydrogen (secondary N) is 1. The Labute approximate surface area is 217 Å². The average Bonchev–Trinajstić information content (AvgIpc) is 2.85. The number of rotatable bonds is 13. The molecule has 8 nitrogen and oxygen atoms in total. The second kappa shape index (κ2) is 13.4. The van der Waals surface area contributed by atoms with E-state index in [0.29, 0.717) is 5.75 Å². The lowest BCUT2D eigenvalue weighted by atomic mass is 10.1. The molecule has 0 heterocycles. The zero-order valence-corrected chi connectivity index (χ0v) is 22.6. The zero-order chi connectivity index (χ0) is 27.8. The summed E-state index contributed by atoms with van der Waals surface area (Å²) >= 11 is 0. The third-order valence-corrected chi connectivity index (χ3v) is 7.19. The Balaban J connectivity index is 2.21. The number of hydrogen-bond acceptors (Lipinski definition) is 5. The molecule has 0 aliphatic carbocycles. The number of carbonyl (C=O) groups is 2. The smallest absolute Gasteiger partial charge is 0.242 e. The number of halogens is 2. The first-order valence-electron chi connectivity index (χ1n) is 12.0. The summed E-state index contributed by atoms with van der Waals surface area (Å²) in [5, 5.41) is 2.89. The van der Waals surface area contributed by atoms with Gasteiger partial charge in [-0.15, -0.1) is 0 Å². The molecule has 0 aromatic heterocycles. The summed E-state index contributed by atoms with van der Waals surface area (Å²) < 4.78 is 57.9. The Morgan fingerprint density at radius 2 is 1.78 bits per heavy atom. The van der Waals surface area contributed by atoms with Gasteiger partial charge < -0.3 is 15.0 Å². The molecule has 37 heavy (non-hydrogen) atoms. The van der Waals surface area contributed by atoms with Crippen molar-refractivity contribution in [2.75, 3.05) is 24.2 Å². The van der Waals surface area contributed by atoms with Crippen LogP contribution in [0.2, 0.25) is 0 Å². The minimum Gasteiger partial charge on any atom is -0.497 e. The number of nitrogens with zero attached hydrogens (tertiary/aromatic N) is 2. The van der Waals surface area contributed by atoms with Crippen molar-refractivity contribution in [2.24, 2.45) is 0 Å². The van der Waals surface area contributed by atoms with Gasteiger partial charge in [0.2, 0.25) is 21.8 Å². The van der Waals surface area contributed by atoms with Crippen molar-refractivity contribution in [1.82, 2.24) is 10.2 Å². The highest BCUT2D eigenvalue weighted by atomic mass is 32.2. The molecule has 11 heteroatoms. The first-order valence-corrected chi connectivity index (χ1v) is 13.9. The van der Waals surface area contributed by atoms with Gasteiger partial charge in [-0.05, 0) is 56.5 Å². The predicted molar refractivity (Wildman–Crippen MR) is 139 cm³/mol. The van der Waals surface area contributed by atoms with Crippen LogP contribution in [-0.4, -0.2) is 57.1 Å². The summed E-state index contributed by atoms with van der Waals surface area (Å²) in [6, 6.07) is 9.10. The Bertz CT molecular complexity index is 1190. The quantitative estimate of drug-likeness (QED) is 0.417. The number of ether oxygens (including phenoxy) is 1. The van der Waals surface area contributed by atoms with E-state index in [9.17, 15) is 26.8 Å². The van der Waals surface area contributed by atoms with Crippen LogP contribution in [0.1, 0.15) is 45.6 Å². The highest BCUT2D eigenvalue weighted by molar-refractivity contribution is 7.92. The standard InChI is InChI=1S/C26H35F2N3O5S/c1-6-18(2)29-26(33)19(3)30(17-20-9-7-10-22(15-20)36-4)25(32)11-8-14-31(37(5,34)35)21-12-13-23(27)24(28)16-21/h7,9-10,12-13,15-16,18-19H,6,8,11,14,17H2,1-5H3,(H,29,33)/t18-,19-/m1/s1. The van der Waals surface area contributed by atoms with E-state index >= 15 is 0 Å². The van der Waals surface area contributed by atoms with Gasteiger partial charge in [0.1, 0.15) is 11.8 Å². The van der Waals surface area contributed by atoms with Gasteiger partial charge in [0, 0.05) is 31.6 Å². The predicted octanol–water partition coefficient (Wildman–Crippen LogP) is 3.85. The number of sulfonamides is 1. The second-order valence-corrected chi connectivity index (χ2v) is 10.8. The number of anilines is 1. The molecule has 0 radical (unpaired) electrons. The maximum atomic E-state index is 13.7. The van der Waals surface area contributed by atoms with Crippen LogP contribution in [0.15, 0.2) is 42.5 Å². The van der Waals surface area contributed by atoms with Crippen molar-refractivity contribution in [1.29, 1.82) is 0 Å². The summed E-state index contributed by atoms with van der Waals surface area (Å²) in [7, 11) is -2.29. The van der Waals surface area contributed by atoms with Crippen LogP contribution in [0, 0.1) is 11.6 Å². The molecule has 0 bridgehead atoms.